The van der Waals surface area contributed by atoms with Gasteiger partial charge in [0.2, 0.25) is 0 Å². The molecule has 1 aromatic rings. The van der Waals surface area contributed by atoms with E-state index in [1.807, 2.05) is 0 Å². The lowest BCUT2D eigenvalue weighted by atomic mass is 9.96. The Kier molecular flexibility index (Phi) is 9.95. The average molecular weight is 354 g/mol. The van der Waals surface area contributed by atoms with Crippen LogP contribution in [0.5, 0.6) is 0 Å². The smallest absolute Gasteiger partial charge is 0.115 e. The molecule has 0 heterocycles. The van der Waals surface area contributed by atoms with E-state index in [-0.39, 0.29) is 18.6 Å². The molecule has 0 radical (unpaired) electrons. The summed E-state index contributed by atoms with van der Waals surface area (Å²) in [6, 6.07) is 9.36. The SMILES string of the molecule is CCC(C)OC(Cc1ccc(C2CCCC2)cc1)N(CC)CC.Cl. The molecule has 1 aliphatic rings. The predicted molar refractivity (Wildman–Crippen MR) is 106 cm³/mol. The van der Waals surface area contributed by atoms with Crippen LogP contribution in [0.15, 0.2) is 24.3 Å². The van der Waals surface area contributed by atoms with Gasteiger partial charge in [0.05, 0.1) is 6.10 Å². The molecule has 2 unspecified atom stereocenters. The highest BCUT2D eigenvalue weighted by Crippen LogP contribution is 2.34. The van der Waals surface area contributed by atoms with Crippen molar-refractivity contribution in [2.24, 2.45) is 0 Å². The van der Waals surface area contributed by atoms with Crippen LogP contribution >= 0.6 is 12.4 Å². The van der Waals surface area contributed by atoms with Gasteiger partial charge in [-0.15, -0.1) is 12.4 Å². The van der Waals surface area contributed by atoms with E-state index in [4.69, 9.17) is 4.74 Å². The number of likely N-dealkylation sites (N-methyl/N-ethyl adjacent to an activating group) is 1. The molecule has 1 saturated carbocycles. The zero-order valence-electron chi connectivity index (χ0n) is 16.0. The van der Waals surface area contributed by atoms with Crippen LogP contribution in [-0.2, 0) is 11.2 Å². The van der Waals surface area contributed by atoms with Gasteiger partial charge in [-0.05, 0) is 56.3 Å². The summed E-state index contributed by atoms with van der Waals surface area (Å²) in [5, 5.41) is 0. The normalized spacial score (nSPS) is 17.7. The van der Waals surface area contributed by atoms with Crippen molar-refractivity contribution in [1.82, 2.24) is 4.90 Å². The van der Waals surface area contributed by atoms with E-state index in [0.29, 0.717) is 6.10 Å². The summed E-state index contributed by atoms with van der Waals surface area (Å²) in [5.74, 6) is 0.805. The standard InChI is InChI=1S/C21H35NO.ClH/c1-5-17(4)23-21(22(6-2)7-3)16-18-12-14-20(15-13-18)19-10-8-9-11-19;/h12-15,17,19,21H,5-11,16H2,1-4H3;1H. The maximum atomic E-state index is 6.30. The van der Waals surface area contributed by atoms with E-state index in [2.05, 4.69) is 56.9 Å². The van der Waals surface area contributed by atoms with Gasteiger partial charge in [-0.1, -0.05) is 57.9 Å². The van der Waals surface area contributed by atoms with Crippen molar-refractivity contribution in [2.75, 3.05) is 13.1 Å². The fourth-order valence-corrected chi connectivity index (χ4v) is 3.65. The molecule has 0 amide bonds. The first kappa shape index (κ1) is 21.5. The van der Waals surface area contributed by atoms with Gasteiger partial charge < -0.3 is 4.74 Å². The summed E-state index contributed by atoms with van der Waals surface area (Å²) in [6.45, 7) is 10.9. The van der Waals surface area contributed by atoms with Crippen molar-refractivity contribution in [1.29, 1.82) is 0 Å². The van der Waals surface area contributed by atoms with Gasteiger partial charge in [0.15, 0.2) is 0 Å². The summed E-state index contributed by atoms with van der Waals surface area (Å²) in [5.41, 5.74) is 2.93. The molecule has 1 aliphatic carbocycles. The minimum Gasteiger partial charge on any atom is -0.360 e. The van der Waals surface area contributed by atoms with Gasteiger partial charge in [-0.3, -0.25) is 4.90 Å². The van der Waals surface area contributed by atoms with Gasteiger partial charge in [0.1, 0.15) is 6.23 Å². The lowest BCUT2D eigenvalue weighted by Gasteiger charge is -2.32. The molecule has 2 atom stereocenters. The molecule has 0 aromatic heterocycles. The third kappa shape index (κ3) is 6.06. The molecule has 138 valence electrons. The van der Waals surface area contributed by atoms with Crippen molar-refractivity contribution < 1.29 is 4.74 Å². The van der Waals surface area contributed by atoms with Gasteiger partial charge in [-0.2, -0.15) is 0 Å². The Balaban J connectivity index is 0.00000288. The van der Waals surface area contributed by atoms with Crippen LogP contribution in [0.4, 0.5) is 0 Å². The van der Waals surface area contributed by atoms with Crippen molar-refractivity contribution in [3.05, 3.63) is 35.4 Å². The second-order valence-electron chi connectivity index (χ2n) is 6.96. The highest BCUT2D eigenvalue weighted by Gasteiger charge is 2.20. The molecule has 0 bridgehead atoms. The number of benzene rings is 1. The van der Waals surface area contributed by atoms with Crippen LogP contribution in [0.2, 0.25) is 0 Å². The van der Waals surface area contributed by atoms with Crippen LogP contribution in [0, 0.1) is 0 Å². The number of rotatable bonds is 9. The summed E-state index contributed by atoms with van der Waals surface area (Å²) in [6.07, 6.45) is 8.11. The number of hydrogen-bond donors (Lipinski definition) is 0. The van der Waals surface area contributed by atoms with Gasteiger partial charge in [-0.25, -0.2) is 0 Å². The van der Waals surface area contributed by atoms with Crippen molar-refractivity contribution in [3.8, 4) is 0 Å². The minimum atomic E-state index is 0. The summed E-state index contributed by atoms with van der Waals surface area (Å²) >= 11 is 0. The fraction of sp³-hybridized carbons (Fsp3) is 0.714. The monoisotopic (exact) mass is 353 g/mol. The second-order valence-corrected chi connectivity index (χ2v) is 6.96. The van der Waals surface area contributed by atoms with Gasteiger partial charge in [0.25, 0.3) is 0 Å². The zero-order chi connectivity index (χ0) is 16.7. The highest BCUT2D eigenvalue weighted by molar-refractivity contribution is 5.85. The average Bonchev–Trinajstić information content (AvgIpc) is 3.11. The minimum absolute atomic E-state index is 0. The summed E-state index contributed by atoms with van der Waals surface area (Å²) in [4.78, 5) is 2.43. The Bertz CT molecular complexity index is 438. The maximum absolute atomic E-state index is 6.30. The van der Waals surface area contributed by atoms with Crippen LogP contribution < -0.4 is 0 Å². The summed E-state index contributed by atoms with van der Waals surface area (Å²) in [7, 11) is 0. The molecule has 2 nitrogen and oxygen atoms in total. The van der Waals surface area contributed by atoms with E-state index >= 15 is 0 Å². The molecule has 0 saturated heterocycles. The molecule has 1 aromatic carbocycles. The van der Waals surface area contributed by atoms with E-state index in [9.17, 15) is 0 Å². The Morgan fingerprint density at radius 1 is 1.04 bits per heavy atom. The third-order valence-electron chi connectivity index (χ3n) is 5.40. The van der Waals surface area contributed by atoms with E-state index in [1.54, 1.807) is 0 Å². The van der Waals surface area contributed by atoms with Gasteiger partial charge in [0, 0.05) is 6.42 Å². The van der Waals surface area contributed by atoms with Crippen LogP contribution in [-0.4, -0.2) is 30.3 Å². The highest BCUT2D eigenvalue weighted by atomic mass is 35.5. The number of halogens is 1. The van der Waals surface area contributed by atoms with E-state index in [1.165, 1.54) is 36.8 Å². The Labute approximate surface area is 155 Å². The summed E-state index contributed by atoms with van der Waals surface area (Å²) < 4.78 is 6.30. The first-order valence-corrected chi connectivity index (χ1v) is 9.66. The molecule has 1 fully saturated rings. The first-order valence-electron chi connectivity index (χ1n) is 9.66. The first-order chi connectivity index (χ1) is 11.2. The van der Waals surface area contributed by atoms with Crippen molar-refractivity contribution >= 4 is 12.4 Å². The van der Waals surface area contributed by atoms with E-state index in [0.717, 1.165) is 31.8 Å². The molecule has 0 spiro atoms. The maximum Gasteiger partial charge on any atom is 0.115 e. The molecule has 3 heteroatoms. The molecule has 2 rings (SSSR count). The largest absolute Gasteiger partial charge is 0.360 e. The number of ether oxygens (including phenoxy) is 1. The van der Waals surface area contributed by atoms with Gasteiger partial charge >= 0.3 is 0 Å². The molecular formula is C21H36ClNO. The number of nitrogens with zero attached hydrogens (tertiary/aromatic N) is 1. The fourth-order valence-electron chi connectivity index (χ4n) is 3.65. The Morgan fingerprint density at radius 2 is 1.62 bits per heavy atom. The molecule has 0 aliphatic heterocycles. The Hall–Kier alpha value is -0.570. The van der Waals surface area contributed by atoms with E-state index < -0.39 is 0 Å². The zero-order valence-corrected chi connectivity index (χ0v) is 16.8. The van der Waals surface area contributed by atoms with Crippen molar-refractivity contribution in [2.45, 2.75) is 84.5 Å². The van der Waals surface area contributed by atoms with Crippen LogP contribution in [0.1, 0.15) is 76.8 Å². The van der Waals surface area contributed by atoms with Crippen LogP contribution in [0.25, 0.3) is 0 Å². The molecular weight excluding hydrogens is 318 g/mol. The lowest BCUT2D eigenvalue weighted by molar-refractivity contribution is -0.0905. The number of hydrogen-bond acceptors (Lipinski definition) is 2. The topological polar surface area (TPSA) is 12.5 Å². The predicted octanol–water partition coefficient (Wildman–Crippen LogP) is 5.79. The van der Waals surface area contributed by atoms with Crippen LogP contribution in [0.3, 0.4) is 0 Å². The molecule has 24 heavy (non-hydrogen) atoms. The second kappa shape index (κ2) is 11.1. The molecule has 0 N–H and O–H groups in total. The van der Waals surface area contributed by atoms with Crippen molar-refractivity contribution in [3.63, 3.8) is 0 Å². The lowest BCUT2D eigenvalue weighted by Crippen LogP contribution is -2.40. The third-order valence-corrected chi connectivity index (χ3v) is 5.40. The quantitative estimate of drug-likeness (QED) is 0.521. The Morgan fingerprint density at radius 3 is 2.12 bits per heavy atom.